The summed E-state index contributed by atoms with van der Waals surface area (Å²) in [6.45, 7) is 1.85. The highest BCUT2D eigenvalue weighted by Gasteiger charge is 2.33. The number of methoxy groups -OCH3 is 2. The summed E-state index contributed by atoms with van der Waals surface area (Å²) in [4.78, 5) is 31.3. The second-order valence-corrected chi connectivity index (χ2v) is 11.3. The van der Waals surface area contributed by atoms with Crippen molar-refractivity contribution in [3.05, 3.63) is 68.7 Å². The first-order valence-corrected chi connectivity index (χ1v) is 13.8. The molecule has 0 spiro atoms. The molecule has 11 nitrogen and oxygen atoms in total. The Bertz CT molecular complexity index is 1800. The number of fused-ring (bicyclic) bond motifs is 2. The van der Waals surface area contributed by atoms with Gasteiger partial charge < -0.3 is 19.6 Å². The molecule has 5 rings (SSSR count). The van der Waals surface area contributed by atoms with Gasteiger partial charge in [0.15, 0.2) is 11.3 Å². The number of carboxylic acid groups (broad SMARTS) is 1. The fourth-order valence-corrected chi connectivity index (χ4v) is 6.83. The van der Waals surface area contributed by atoms with E-state index in [2.05, 4.69) is 9.97 Å². The van der Waals surface area contributed by atoms with Crippen LogP contribution >= 0.6 is 11.6 Å². The molecule has 13 heteroatoms. The molecular formula is C26H25ClN4O7S. The SMILES string of the molecule is COc1cc(Cl)c(-n2c(=O)[nH]c3c(C)cc(C(=O)O)nc32)cc1S(=O)(=O)N1CCCCc2c(OC)cccc21. The van der Waals surface area contributed by atoms with Crippen LogP contribution in [0.2, 0.25) is 5.02 Å². The zero-order valence-electron chi connectivity index (χ0n) is 21.3. The van der Waals surface area contributed by atoms with Gasteiger partial charge in [-0.3, -0.25) is 4.31 Å². The number of nitrogens with one attached hydrogen (secondary N) is 1. The first-order valence-electron chi connectivity index (χ1n) is 12.0. The van der Waals surface area contributed by atoms with E-state index >= 15 is 0 Å². The number of anilines is 1. The number of halogens is 1. The number of hydrogen-bond acceptors (Lipinski definition) is 7. The van der Waals surface area contributed by atoms with E-state index in [-0.39, 0.29) is 39.2 Å². The third kappa shape index (κ3) is 4.39. The van der Waals surface area contributed by atoms with Gasteiger partial charge in [-0.25, -0.2) is 27.6 Å². The molecule has 0 fully saturated rings. The Morgan fingerprint density at radius 1 is 1.10 bits per heavy atom. The number of aromatic nitrogens is 3. The number of H-pyrrole nitrogens is 1. The quantitative estimate of drug-likeness (QED) is 0.354. The maximum Gasteiger partial charge on any atom is 0.354 e. The van der Waals surface area contributed by atoms with Gasteiger partial charge in [-0.2, -0.15) is 0 Å². The van der Waals surface area contributed by atoms with E-state index in [9.17, 15) is 23.1 Å². The van der Waals surface area contributed by atoms with E-state index < -0.39 is 21.7 Å². The Kier molecular flexibility index (Phi) is 6.77. The molecule has 4 aromatic rings. The summed E-state index contributed by atoms with van der Waals surface area (Å²) < 4.78 is 41.8. The fraction of sp³-hybridized carbons (Fsp3) is 0.269. The third-order valence-corrected chi connectivity index (χ3v) is 8.88. The van der Waals surface area contributed by atoms with Crippen molar-refractivity contribution in [1.82, 2.24) is 14.5 Å². The molecule has 2 aromatic carbocycles. The molecule has 0 atom stereocenters. The molecule has 0 aliphatic carbocycles. The number of benzene rings is 2. The highest BCUT2D eigenvalue weighted by Crippen LogP contribution is 2.40. The number of rotatable bonds is 6. The van der Waals surface area contributed by atoms with Crippen LogP contribution in [0.3, 0.4) is 0 Å². The molecule has 0 bridgehead atoms. The topological polar surface area (TPSA) is 144 Å². The van der Waals surface area contributed by atoms with Crippen molar-refractivity contribution in [3.63, 3.8) is 0 Å². The summed E-state index contributed by atoms with van der Waals surface area (Å²) in [6, 6.07) is 9.15. The van der Waals surface area contributed by atoms with Crippen LogP contribution in [-0.2, 0) is 16.4 Å². The number of sulfonamides is 1. The van der Waals surface area contributed by atoms with Crippen molar-refractivity contribution in [2.24, 2.45) is 0 Å². The summed E-state index contributed by atoms with van der Waals surface area (Å²) in [5.74, 6) is -0.695. The molecule has 1 aliphatic rings. The first kappa shape index (κ1) is 26.6. The summed E-state index contributed by atoms with van der Waals surface area (Å²) in [5.41, 5.74) is 1.11. The van der Waals surface area contributed by atoms with Gasteiger partial charge in [-0.05, 0) is 56.0 Å². The van der Waals surface area contributed by atoms with Crippen LogP contribution < -0.4 is 19.5 Å². The smallest absolute Gasteiger partial charge is 0.354 e. The fourth-order valence-electron chi connectivity index (χ4n) is 4.90. The number of ether oxygens (including phenoxy) is 2. The molecule has 0 unspecified atom stereocenters. The monoisotopic (exact) mass is 572 g/mol. The van der Waals surface area contributed by atoms with Gasteiger partial charge in [0, 0.05) is 18.2 Å². The van der Waals surface area contributed by atoms with Crippen LogP contribution in [0.15, 0.2) is 46.1 Å². The number of hydrogen-bond donors (Lipinski definition) is 2. The van der Waals surface area contributed by atoms with Gasteiger partial charge >= 0.3 is 11.7 Å². The number of aryl methyl sites for hydroxylation is 1. The normalized spacial score (nSPS) is 13.7. The number of aromatic amines is 1. The zero-order chi connectivity index (χ0) is 28.1. The van der Waals surface area contributed by atoms with Crippen molar-refractivity contribution in [1.29, 1.82) is 0 Å². The van der Waals surface area contributed by atoms with Crippen LogP contribution in [0.25, 0.3) is 16.9 Å². The number of carboxylic acids is 1. The van der Waals surface area contributed by atoms with E-state index in [1.807, 2.05) is 0 Å². The van der Waals surface area contributed by atoms with Crippen LogP contribution in [0.4, 0.5) is 5.69 Å². The van der Waals surface area contributed by atoms with Crippen molar-refractivity contribution < 1.29 is 27.8 Å². The Morgan fingerprint density at radius 2 is 1.85 bits per heavy atom. The predicted molar refractivity (Wildman–Crippen MR) is 145 cm³/mol. The molecule has 0 radical (unpaired) electrons. The van der Waals surface area contributed by atoms with Crippen LogP contribution in [0.5, 0.6) is 11.5 Å². The maximum absolute atomic E-state index is 14.2. The minimum atomic E-state index is -4.24. The first-order chi connectivity index (χ1) is 18.6. The van der Waals surface area contributed by atoms with Gasteiger partial charge in [0.2, 0.25) is 0 Å². The number of nitrogens with zero attached hydrogens (tertiary/aromatic N) is 3. The van der Waals surface area contributed by atoms with Crippen LogP contribution in [-0.4, -0.2) is 54.8 Å². The zero-order valence-corrected chi connectivity index (χ0v) is 22.9. The van der Waals surface area contributed by atoms with Gasteiger partial charge in [0.05, 0.1) is 36.1 Å². The van der Waals surface area contributed by atoms with Crippen molar-refractivity contribution in [2.75, 3.05) is 25.1 Å². The molecule has 0 saturated carbocycles. The number of carbonyl (C=O) groups is 1. The molecular weight excluding hydrogens is 548 g/mol. The Balaban J connectivity index is 1.76. The molecule has 0 saturated heterocycles. The van der Waals surface area contributed by atoms with Crippen molar-refractivity contribution in [2.45, 2.75) is 31.1 Å². The van der Waals surface area contributed by atoms with Gasteiger partial charge in [-0.1, -0.05) is 17.7 Å². The summed E-state index contributed by atoms with van der Waals surface area (Å²) in [5, 5.41) is 9.51. The lowest BCUT2D eigenvalue weighted by molar-refractivity contribution is 0.0690. The number of pyridine rings is 1. The lowest BCUT2D eigenvalue weighted by atomic mass is 10.1. The van der Waals surface area contributed by atoms with E-state index in [4.69, 9.17) is 21.1 Å². The summed E-state index contributed by atoms with van der Waals surface area (Å²) in [7, 11) is -1.37. The van der Waals surface area contributed by atoms with Crippen molar-refractivity contribution >= 4 is 44.4 Å². The number of imidazole rings is 1. The molecule has 204 valence electrons. The highest BCUT2D eigenvalue weighted by atomic mass is 35.5. The Hall–Kier alpha value is -4.03. The highest BCUT2D eigenvalue weighted by molar-refractivity contribution is 7.93. The standard InChI is InChI=1S/C26H25ClN4O7S/c1-14-11-17(25(32)33)28-24-23(14)29-26(34)31(24)19-13-22(21(38-3)12-16(19)27)39(35,36)30-10-5-4-7-15-18(30)8-6-9-20(15)37-2/h6,8-9,11-13H,4-5,7,10H2,1-3H3,(H,29,34)(H,32,33). The van der Waals surface area contributed by atoms with Crippen LogP contribution in [0.1, 0.15) is 34.5 Å². The van der Waals surface area contributed by atoms with E-state index in [0.29, 0.717) is 35.4 Å². The van der Waals surface area contributed by atoms with Gasteiger partial charge in [0.25, 0.3) is 10.0 Å². The lowest BCUT2D eigenvalue weighted by Crippen LogP contribution is -2.32. The largest absolute Gasteiger partial charge is 0.496 e. The molecule has 2 N–H and O–H groups in total. The minimum Gasteiger partial charge on any atom is -0.496 e. The van der Waals surface area contributed by atoms with Crippen LogP contribution in [0, 0.1) is 6.92 Å². The third-order valence-electron chi connectivity index (χ3n) is 6.74. The molecule has 3 heterocycles. The second kappa shape index (κ2) is 9.93. The molecule has 1 aliphatic heterocycles. The molecule has 0 amide bonds. The van der Waals surface area contributed by atoms with Gasteiger partial charge in [0.1, 0.15) is 16.4 Å². The summed E-state index contributed by atoms with van der Waals surface area (Å²) in [6.07, 6.45) is 2.03. The predicted octanol–water partition coefficient (Wildman–Crippen LogP) is 3.92. The van der Waals surface area contributed by atoms with E-state index in [1.54, 1.807) is 25.1 Å². The Labute approximate surface area is 228 Å². The molecule has 39 heavy (non-hydrogen) atoms. The number of aromatic carboxylic acids is 1. The van der Waals surface area contributed by atoms with Gasteiger partial charge in [-0.15, -0.1) is 0 Å². The average Bonchev–Trinajstić information content (AvgIpc) is 3.08. The Morgan fingerprint density at radius 3 is 2.54 bits per heavy atom. The van der Waals surface area contributed by atoms with E-state index in [1.165, 1.54) is 36.7 Å². The van der Waals surface area contributed by atoms with Crippen molar-refractivity contribution in [3.8, 4) is 17.2 Å². The average molecular weight is 573 g/mol. The minimum absolute atomic E-state index is 0.00216. The summed E-state index contributed by atoms with van der Waals surface area (Å²) >= 11 is 6.55. The molecule has 2 aromatic heterocycles. The van der Waals surface area contributed by atoms with E-state index in [0.717, 1.165) is 16.6 Å². The second-order valence-electron chi connectivity index (χ2n) is 9.04. The lowest BCUT2D eigenvalue weighted by Gasteiger charge is -2.26. The maximum atomic E-state index is 14.2.